The number of rotatable bonds is 10. The number of anilines is 1. The monoisotopic (exact) mass is 252 g/mol. The number of nitrogens with zero attached hydrogens (tertiary/aromatic N) is 1. The molecule has 1 aromatic heterocycles. The summed E-state index contributed by atoms with van der Waals surface area (Å²) in [5, 5.41) is 3.23. The molecular formula is C14H24N2O2. The molecule has 102 valence electrons. The van der Waals surface area contributed by atoms with E-state index >= 15 is 0 Å². The number of pyridine rings is 1. The summed E-state index contributed by atoms with van der Waals surface area (Å²) >= 11 is 0. The van der Waals surface area contributed by atoms with Gasteiger partial charge in [0.1, 0.15) is 18.2 Å². The standard InChI is InChI=1S/C14H24N2O2/c1-3-5-9-17-10-11-18-13-6-8-16-14(12-13)15-7-4-2/h6,8,12H,3-5,7,9-11H2,1-2H3,(H,15,16). The zero-order valence-electron chi connectivity index (χ0n) is 11.4. The molecule has 0 spiro atoms. The first-order valence-electron chi connectivity index (χ1n) is 6.77. The molecule has 1 rings (SSSR count). The van der Waals surface area contributed by atoms with Crippen LogP contribution in [0, 0.1) is 0 Å². The van der Waals surface area contributed by atoms with E-state index in [0.29, 0.717) is 13.2 Å². The van der Waals surface area contributed by atoms with Gasteiger partial charge >= 0.3 is 0 Å². The number of ether oxygens (including phenoxy) is 2. The second kappa shape index (κ2) is 9.71. The van der Waals surface area contributed by atoms with E-state index in [4.69, 9.17) is 9.47 Å². The molecule has 0 aliphatic heterocycles. The average Bonchev–Trinajstić information content (AvgIpc) is 2.41. The first kappa shape index (κ1) is 14.8. The lowest BCUT2D eigenvalue weighted by atomic mass is 10.4. The number of aromatic nitrogens is 1. The molecule has 1 heterocycles. The summed E-state index contributed by atoms with van der Waals surface area (Å²) in [7, 11) is 0. The molecule has 0 aromatic carbocycles. The largest absolute Gasteiger partial charge is 0.491 e. The van der Waals surface area contributed by atoms with Crippen LogP contribution in [0.3, 0.4) is 0 Å². The van der Waals surface area contributed by atoms with E-state index in [1.54, 1.807) is 6.20 Å². The van der Waals surface area contributed by atoms with E-state index in [-0.39, 0.29) is 0 Å². The summed E-state index contributed by atoms with van der Waals surface area (Å²) in [5.41, 5.74) is 0. The topological polar surface area (TPSA) is 43.4 Å². The Hall–Kier alpha value is -1.29. The van der Waals surface area contributed by atoms with Crippen molar-refractivity contribution < 1.29 is 9.47 Å². The van der Waals surface area contributed by atoms with Gasteiger partial charge in [-0.1, -0.05) is 20.3 Å². The Balaban J connectivity index is 2.20. The van der Waals surface area contributed by atoms with Gasteiger partial charge in [-0.15, -0.1) is 0 Å². The third-order valence-electron chi connectivity index (χ3n) is 2.43. The first-order chi connectivity index (χ1) is 8.86. The van der Waals surface area contributed by atoms with Gasteiger partial charge < -0.3 is 14.8 Å². The van der Waals surface area contributed by atoms with E-state index in [2.05, 4.69) is 24.1 Å². The summed E-state index contributed by atoms with van der Waals surface area (Å²) in [4.78, 5) is 4.22. The molecule has 1 N–H and O–H groups in total. The van der Waals surface area contributed by atoms with Gasteiger partial charge in [0.15, 0.2) is 0 Å². The summed E-state index contributed by atoms with van der Waals surface area (Å²) in [5.74, 6) is 1.70. The van der Waals surface area contributed by atoms with Gasteiger partial charge in [0.2, 0.25) is 0 Å². The van der Waals surface area contributed by atoms with Crippen LogP contribution in [-0.4, -0.2) is 31.3 Å². The van der Waals surface area contributed by atoms with Crippen molar-refractivity contribution in [2.24, 2.45) is 0 Å². The van der Waals surface area contributed by atoms with Gasteiger partial charge in [0, 0.05) is 25.4 Å². The molecule has 0 aliphatic rings. The minimum atomic E-state index is 0.584. The Kier molecular flexibility index (Phi) is 7.97. The predicted molar refractivity (Wildman–Crippen MR) is 74.2 cm³/mol. The maximum atomic E-state index is 5.60. The van der Waals surface area contributed by atoms with Crippen molar-refractivity contribution in [3.63, 3.8) is 0 Å². The molecule has 0 bridgehead atoms. The molecule has 0 unspecified atom stereocenters. The normalized spacial score (nSPS) is 10.3. The van der Waals surface area contributed by atoms with Gasteiger partial charge in [-0.3, -0.25) is 0 Å². The minimum absolute atomic E-state index is 0.584. The van der Waals surface area contributed by atoms with E-state index in [1.807, 2.05) is 12.1 Å². The molecule has 1 aromatic rings. The Morgan fingerprint density at radius 2 is 2.06 bits per heavy atom. The fourth-order valence-electron chi connectivity index (χ4n) is 1.42. The van der Waals surface area contributed by atoms with Gasteiger partial charge in [-0.05, 0) is 18.9 Å². The van der Waals surface area contributed by atoms with E-state index < -0.39 is 0 Å². The summed E-state index contributed by atoms with van der Waals surface area (Å²) in [6.07, 6.45) is 5.11. The minimum Gasteiger partial charge on any atom is -0.491 e. The number of hydrogen-bond acceptors (Lipinski definition) is 4. The van der Waals surface area contributed by atoms with Crippen LogP contribution >= 0.6 is 0 Å². The zero-order chi connectivity index (χ0) is 13.1. The summed E-state index contributed by atoms with van der Waals surface area (Å²) < 4.78 is 11.0. The lowest BCUT2D eigenvalue weighted by molar-refractivity contribution is 0.0980. The van der Waals surface area contributed by atoms with Crippen LogP contribution in [0.4, 0.5) is 5.82 Å². The highest BCUT2D eigenvalue weighted by Crippen LogP contribution is 2.14. The van der Waals surface area contributed by atoms with Crippen molar-refractivity contribution in [1.82, 2.24) is 4.98 Å². The Morgan fingerprint density at radius 1 is 1.17 bits per heavy atom. The fourth-order valence-corrected chi connectivity index (χ4v) is 1.42. The predicted octanol–water partition coefficient (Wildman–Crippen LogP) is 3.10. The average molecular weight is 252 g/mol. The third kappa shape index (κ3) is 6.45. The molecule has 18 heavy (non-hydrogen) atoms. The van der Waals surface area contributed by atoms with E-state index in [9.17, 15) is 0 Å². The number of hydrogen-bond donors (Lipinski definition) is 1. The van der Waals surface area contributed by atoms with Crippen molar-refractivity contribution in [3.05, 3.63) is 18.3 Å². The van der Waals surface area contributed by atoms with Crippen molar-refractivity contribution in [1.29, 1.82) is 0 Å². The van der Waals surface area contributed by atoms with Gasteiger partial charge in [-0.2, -0.15) is 0 Å². The van der Waals surface area contributed by atoms with Crippen LogP contribution in [0.5, 0.6) is 5.75 Å². The van der Waals surface area contributed by atoms with Gasteiger partial charge in [0.25, 0.3) is 0 Å². The Bertz CT molecular complexity index is 318. The quantitative estimate of drug-likeness (QED) is 0.650. The molecule has 0 aliphatic carbocycles. The fraction of sp³-hybridized carbons (Fsp3) is 0.643. The van der Waals surface area contributed by atoms with Crippen LogP contribution in [0.25, 0.3) is 0 Å². The smallest absolute Gasteiger partial charge is 0.129 e. The lowest BCUT2D eigenvalue weighted by Gasteiger charge is -2.09. The molecule has 4 heteroatoms. The highest BCUT2D eigenvalue weighted by Gasteiger charge is 1.97. The van der Waals surface area contributed by atoms with E-state index in [1.165, 1.54) is 0 Å². The zero-order valence-corrected chi connectivity index (χ0v) is 11.4. The SMILES string of the molecule is CCCCOCCOc1ccnc(NCCC)c1. The van der Waals surface area contributed by atoms with Crippen LogP contribution in [0.15, 0.2) is 18.3 Å². The van der Waals surface area contributed by atoms with Gasteiger partial charge in [-0.25, -0.2) is 4.98 Å². The molecule has 0 radical (unpaired) electrons. The van der Waals surface area contributed by atoms with Gasteiger partial charge in [0.05, 0.1) is 6.61 Å². The Morgan fingerprint density at radius 3 is 2.83 bits per heavy atom. The van der Waals surface area contributed by atoms with Crippen LogP contribution in [0.1, 0.15) is 33.1 Å². The summed E-state index contributed by atoms with van der Waals surface area (Å²) in [6, 6.07) is 3.78. The maximum absolute atomic E-state index is 5.60. The van der Waals surface area contributed by atoms with E-state index in [0.717, 1.165) is 44.0 Å². The maximum Gasteiger partial charge on any atom is 0.129 e. The van der Waals surface area contributed by atoms with Crippen molar-refractivity contribution >= 4 is 5.82 Å². The molecule has 0 saturated heterocycles. The molecule has 0 amide bonds. The second-order valence-electron chi connectivity index (χ2n) is 4.12. The van der Waals surface area contributed by atoms with Crippen LogP contribution in [-0.2, 0) is 4.74 Å². The van der Waals surface area contributed by atoms with Crippen molar-refractivity contribution in [3.8, 4) is 5.75 Å². The number of nitrogens with one attached hydrogen (secondary N) is 1. The Labute approximate surface area is 110 Å². The van der Waals surface area contributed by atoms with Crippen LogP contribution in [0.2, 0.25) is 0 Å². The molecule has 0 fully saturated rings. The lowest BCUT2D eigenvalue weighted by Crippen LogP contribution is -2.08. The highest BCUT2D eigenvalue weighted by atomic mass is 16.5. The molecular weight excluding hydrogens is 228 g/mol. The highest BCUT2D eigenvalue weighted by molar-refractivity contribution is 5.40. The molecule has 4 nitrogen and oxygen atoms in total. The molecule has 0 atom stereocenters. The van der Waals surface area contributed by atoms with Crippen LogP contribution < -0.4 is 10.1 Å². The second-order valence-corrected chi connectivity index (χ2v) is 4.12. The summed E-state index contributed by atoms with van der Waals surface area (Å²) in [6.45, 7) is 7.25. The molecule has 0 saturated carbocycles. The first-order valence-corrected chi connectivity index (χ1v) is 6.77. The van der Waals surface area contributed by atoms with Crippen molar-refractivity contribution in [2.45, 2.75) is 33.1 Å². The third-order valence-corrected chi connectivity index (χ3v) is 2.43. The van der Waals surface area contributed by atoms with Crippen molar-refractivity contribution in [2.75, 3.05) is 31.7 Å². The number of unbranched alkanes of at least 4 members (excludes halogenated alkanes) is 1.